The zero-order chi connectivity index (χ0) is 21.2. The maximum atomic E-state index is 13.2. The number of fused-ring (bicyclic) bond motifs is 2. The highest BCUT2D eigenvalue weighted by atomic mass is 35.5. The molecule has 0 N–H and O–H groups in total. The van der Waals surface area contributed by atoms with Crippen molar-refractivity contribution < 1.29 is 4.39 Å². The number of imidazole rings is 2. The molecule has 3 aromatic heterocycles. The van der Waals surface area contributed by atoms with Gasteiger partial charge in [0, 0.05) is 5.02 Å². The Morgan fingerprint density at radius 1 is 0.767 bits per heavy atom. The molecule has 0 aliphatic carbocycles. The highest BCUT2D eigenvalue weighted by Crippen LogP contribution is 2.13. The summed E-state index contributed by atoms with van der Waals surface area (Å²) in [6, 6.07) is 11.1. The minimum Gasteiger partial charge on any atom is -0.264 e. The lowest BCUT2D eigenvalue weighted by Gasteiger charge is -1.99. The summed E-state index contributed by atoms with van der Waals surface area (Å²) in [5, 5.41) is 8.57. The van der Waals surface area contributed by atoms with Crippen LogP contribution in [0.25, 0.3) is 22.7 Å². The molecule has 30 heavy (non-hydrogen) atoms. The second kappa shape index (κ2) is 6.40. The van der Waals surface area contributed by atoms with E-state index in [2.05, 4.69) is 10.2 Å². The van der Waals surface area contributed by atoms with Crippen LogP contribution in [0.3, 0.4) is 0 Å². The van der Waals surface area contributed by atoms with Gasteiger partial charge in [-0.2, -0.15) is 9.03 Å². The molecule has 9 nitrogen and oxygen atoms in total. The summed E-state index contributed by atoms with van der Waals surface area (Å²) in [6.07, 6.45) is 0. The van der Waals surface area contributed by atoms with Crippen molar-refractivity contribution in [2.24, 2.45) is 0 Å². The van der Waals surface area contributed by atoms with Crippen molar-refractivity contribution in [3.63, 3.8) is 0 Å². The average molecular weight is 443 g/mol. The van der Waals surface area contributed by atoms with Crippen LogP contribution < -0.4 is 16.8 Å². The molecule has 0 aliphatic heterocycles. The number of benzene rings is 2. The lowest BCUT2D eigenvalue weighted by Crippen LogP contribution is -2.26. The van der Waals surface area contributed by atoms with Crippen LogP contribution in [0.5, 0.6) is 0 Å². The second-order valence-corrected chi connectivity index (χ2v) is 7.07. The molecule has 5 rings (SSSR count). The Balaban J connectivity index is 1.83. The Morgan fingerprint density at radius 2 is 1.27 bits per heavy atom. The molecule has 2 aromatic carbocycles. The molecule has 0 bridgehead atoms. The van der Waals surface area contributed by atoms with Crippen molar-refractivity contribution in [1.29, 1.82) is 0 Å². The van der Waals surface area contributed by atoms with Gasteiger partial charge in [0.15, 0.2) is 0 Å². The van der Waals surface area contributed by atoms with E-state index in [9.17, 15) is 18.8 Å². The van der Waals surface area contributed by atoms with E-state index in [4.69, 9.17) is 23.8 Å². The lowest BCUT2D eigenvalue weighted by molar-refractivity contribution is 0.627. The summed E-state index contributed by atoms with van der Waals surface area (Å²) in [5.41, 5.74) is -2.25. The number of halogens is 2. The molecule has 0 saturated heterocycles. The zero-order valence-electron chi connectivity index (χ0n) is 14.7. The van der Waals surface area contributed by atoms with E-state index in [1.807, 2.05) is 0 Å². The van der Waals surface area contributed by atoms with Crippen molar-refractivity contribution in [2.45, 2.75) is 0 Å². The van der Waals surface area contributed by atoms with Crippen LogP contribution in [0, 0.1) is 10.6 Å². The summed E-state index contributed by atoms with van der Waals surface area (Å²) in [5.74, 6) is -0.521. The second-order valence-electron chi connectivity index (χ2n) is 6.27. The smallest absolute Gasteiger partial charge is 0.264 e. The Hall–Kier alpha value is -3.70. The summed E-state index contributed by atoms with van der Waals surface area (Å²) >= 11 is 11.2. The SMILES string of the molecule is O=c1c2nn3c(=S)n(-c4ccc(Cl)cc4)c(=O)c3nn2c(=O)n1-c1ccc(F)cc1. The molecule has 0 atom stereocenters. The number of rotatable bonds is 2. The van der Waals surface area contributed by atoms with E-state index in [0.717, 1.165) is 25.7 Å². The lowest BCUT2D eigenvalue weighted by atomic mass is 10.3. The molecule has 0 fully saturated rings. The van der Waals surface area contributed by atoms with Crippen molar-refractivity contribution in [3.8, 4) is 11.4 Å². The summed E-state index contributed by atoms with van der Waals surface area (Å²) in [6.45, 7) is 0. The largest absolute Gasteiger partial charge is 0.358 e. The molecule has 12 heteroatoms. The average Bonchev–Trinajstić information content (AvgIpc) is 3.13. The van der Waals surface area contributed by atoms with E-state index in [1.54, 1.807) is 24.3 Å². The van der Waals surface area contributed by atoms with Gasteiger partial charge in [0.25, 0.3) is 0 Å². The first-order valence-electron chi connectivity index (χ1n) is 8.42. The van der Waals surface area contributed by atoms with Crippen LogP contribution in [-0.2, 0) is 0 Å². The molecule has 0 aliphatic rings. The summed E-state index contributed by atoms with van der Waals surface area (Å²) < 4.78 is 16.9. The van der Waals surface area contributed by atoms with Gasteiger partial charge >= 0.3 is 16.8 Å². The van der Waals surface area contributed by atoms with Gasteiger partial charge in [0.2, 0.25) is 16.1 Å². The van der Waals surface area contributed by atoms with Gasteiger partial charge in [-0.05, 0) is 60.7 Å². The highest BCUT2D eigenvalue weighted by molar-refractivity contribution is 7.71. The minimum atomic E-state index is -0.846. The van der Waals surface area contributed by atoms with Crippen LogP contribution >= 0.6 is 23.8 Å². The normalized spacial score (nSPS) is 11.5. The van der Waals surface area contributed by atoms with Crippen LogP contribution in [-0.4, -0.2) is 28.4 Å². The van der Waals surface area contributed by atoms with Crippen molar-refractivity contribution in [1.82, 2.24) is 28.4 Å². The molecular formula is C18H8ClFN6O3S. The quantitative estimate of drug-likeness (QED) is 0.385. The topological polar surface area (TPSA) is 95.7 Å². The van der Waals surface area contributed by atoms with Gasteiger partial charge in [-0.25, -0.2) is 18.3 Å². The van der Waals surface area contributed by atoms with E-state index in [-0.39, 0.29) is 21.8 Å². The molecule has 148 valence electrons. The maximum absolute atomic E-state index is 13.2. The fraction of sp³-hybridized carbons (Fsp3) is 0. The van der Waals surface area contributed by atoms with E-state index in [1.165, 1.54) is 16.7 Å². The Labute approximate surface area is 174 Å². The standard InChI is InChI=1S/C18H8ClFN6O3S/c19-9-1-5-12(6-2-9)24-16(28)14-21-25-13(22-26(14)18(24)30)15(27)23(17(25)29)11-7-3-10(20)4-8-11/h1-8H. The zero-order valence-corrected chi connectivity index (χ0v) is 16.3. The maximum Gasteiger partial charge on any atom is 0.358 e. The Kier molecular flexibility index (Phi) is 3.91. The minimum absolute atomic E-state index is 0.0336. The summed E-state index contributed by atoms with van der Waals surface area (Å²) in [4.78, 5) is 38.4. The van der Waals surface area contributed by atoms with E-state index in [0.29, 0.717) is 10.7 Å². The highest BCUT2D eigenvalue weighted by Gasteiger charge is 2.21. The first-order chi connectivity index (χ1) is 14.4. The molecule has 0 unspecified atom stereocenters. The molecule has 3 heterocycles. The predicted molar refractivity (Wildman–Crippen MR) is 108 cm³/mol. The monoisotopic (exact) mass is 442 g/mol. The first-order valence-corrected chi connectivity index (χ1v) is 9.21. The summed E-state index contributed by atoms with van der Waals surface area (Å²) in [7, 11) is 0. The van der Waals surface area contributed by atoms with Gasteiger partial charge < -0.3 is 0 Å². The number of hydrogen-bond acceptors (Lipinski definition) is 6. The third-order valence-corrected chi connectivity index (χ3v) is 5.10. The molecule has 0 spiro atoms. The van der Waals surface area contributed by atoms with Gasteiger partial charge in [0.1, 0.15) is 5.82 Å². The first kappa shape index (κ1) is 18.3. The van der Waals surface area contributed by atoms with E-state index < -0.39 is 22.6 Å². The van der Waals surface area contributed by atoms with Crippen molar-refractivity contribution in [2.75, 3.05) is 0 Å². The van der Waals surface area contributed by atoms with Crippen LogP contribution in [0.4, 0.5) is 4.39 Å². The van der Waals surface area contributed by atoms with Gasteiger partial charge in [0.05, 0.1) is 11.4 Å². The number of hydrogen-bond donors (Lipinski definition) is 0. The third-order valence-electron chi connectivity index (χ3n) is 4.49. The number of nitrogens with zero attached hydrogens (tertiary/aromatic N) is 6. The third kappa shape index (κ3) is 2.52. The van der Waals surface area contributed by atoms with Gasteiger partial charge in [-0.15, -0.1) is 10.2 Å². The van der Waals surface area contributed by atoms with E-state index >= 15 is 0 Å². The Bertz CT molecular complexity index is 1480. The van der Waals surface area contributed by atoms with Crippen molar-refractivity contribution >= 4 is 35.1 Å². The van der Waals surface area contributed by atoms with Crippen LogP contribution in [0.2, 0.25) is 5.02 Å². The van der Waals surface area contributed by atoms with Gasteiger partial charge in [-0.3, -0.25) is 9.59 Å². The Morgan fingerprint density at radius 3 is 1.93 bits per heavy atom. The molecule has 0 saturated carbocycles. The fourth-order valence-electron chi connectivity index (χ4n) is 3.10. The predicted octanol–water partition coefficient (Wildman–Crippen LogP) is 1.60. The number of aromatic nitrogens is 6. The fourth-order valence-corrected chi connectivity index (χ4v) is 3.54. The molecular weight excluding hydrogens is 435 g/mol. The molecule has 5 aromatic rings. The molecule has 0 amide bonds. The van der Waals surface area contributed by atoms with Gasteiger partial charge in [-0.1, -0.05) is 11.6 Å². The van der Waals surface area contributed by atoms with Crippen molar-refractivity contribution in [3.05, 3.63) is 95.3 Å². The van der Waals surface area contributed by atoms with Crippen LogP contribution in [0.15, 0.2) is 62.9 Å². The van der Waals surface area contributed by atoms with Crippen LogP contribution in [0.1, 0.15) is 0 Å². The molecule has 0 radical (unpaired) electrons.